The van der Waals surface area contributed by atoms with E-state index in [9.17, 15) is 36.7 Å². The smallest absolute Gasteiger partial charge is 0.489 e. The lowest BCUT2D eigenvalue weighted by Gasteiger charge is -2.21. The number of alkyl halides is 6. The van der Waals surface area contributed by atoms with E-state index in [0.717, 1.165) is 36.5 Å². The van der Waals surface area contributed by atoms with Gasteiger partial charge >= 0.3 is 24.3 Å². The molecule has 0 aliphatic carbocycles. The molecule has 0 aromatic carbocycles. The maximum atomic E-state index is 10.6. The Kier molecular flexibility index (Phi) is 10.8. The lowest BCUT2D eigenvalue weighted by Crippen LogP contribution is -2.39. The Hall–Kier alpha value is -4.63. The number of carboxylic acid groups (broad SMARTS) is 2. The molecule has 1 fully saturated rings. The predicted octanol–water partition coefficient (Wildman–Crippen LogP) is 3.61. The second-order valence-electron chi connectivity index (χ2n) is 10.5. The van der Waals surface area contributed by atoms with Gasteiger partial charge in [0.2, 0.25) is 0 Å². The highest BCUT2D eigenvalue weighted by Crippen LogP contribution is 2.32. The Morgan fingerprint density at radius 3 is 2.09 bits per heavy atom. The summed E-state index contributed by atoms with van der Waals surface area (Å²) < 4.78 is 70.9. The fourth-order valence-corrected chi connectivity index (χ4v) is 3.65. The van der Waals surface area contributed by atoms with Gasteiger partial charge in [-0.05, 0) is 45.4 Å². The van der Waals surface area contributed by atoms with Crippen molar-refractivity contribution in [2.24, 2.45) is 5.73 Å². The third-order valence-electron chi connectivity index (χ3n) is 5.67. The number of rotatable bonds is 5. The summed E-state index contributed by atoms with van der Waals surface area (Å²) in [7, 11) is 0. The summed E-state index contributed by atoms with van der Waals surface area (Å²) in [4.78, 5) is 24.6. The van der Waals surface area contributed by atoms with Crippen LogP contribution in [0.5, 0.6) is 5.75 Å². The number of fused-ring (bicyclic) bond motifs is 1. The van der Waals surface area contributed by atoms with E-state index in [2.05, 4.69) is 28.0 Å². The van der Waals surface area contributed by atoms with Crippen LogP contribution in [-0.2, 0) is 9.59 Å². The van der Waals surface area contributed by atoms with Crippen LogP contribution >= 0.6 is 0 Å². The van der Waals surface area contributed by atoms with Gasteiger partial charge in [0, 0.05) is 36.0 Å². The van der Waals surface area contributed by atoms with Crippen molar-refractivity contribution in [1.82, 2.24) is 14.6 Å². The third-order valence-corrected chi connectivity index (χ3v) is 5.67. The molecule has 1 aliphatic rings. The molecule has 0 bridgehead atoms. The van der Waals surface area contributed by atoms with Gasteiger partial charge in [-0.25, -0.2) is 19.1 Å². The molecule has 4 rings (SSSR count). The first-order valence-electron chi connectivity index (χ1n) is 12.4. The summed E-state index contributed by atoms with van der Waals surface area (Å²) in [5, 5.41) is 38.0. The Labute approximate surface area is 245 Å². The van der Waals surface area contributed by atoms with Crippen LogP contribution in [0.3, 0.4) is 0 Å². The molecule has 3 aromatic rings. The molecule has 1 atom stereocenters. The molecule has 5 N–H and O–H groups in total. The Balaban J connectivity index is 0.000000402. The standard InChI is InChI=1S/C22H26N6O2.2C2HF3O2/c1-21(2,29)14-30-17-8-18(20-16(9-23)11-26-28(20)12-17)15-4-5-19(25-10-15)27-7-6-22(3,24)13-27;2*3-2(4,5)1(6)7/h4-5,8,10-12,29H,6-7,13-14,24H2,1-3H3;2*(H,6,7)/t22-;;/m0../s1. The van der Waals surface area contributed by atoms with Crippen LogP contribution in [0, 0.1) is 11.3 Å². The highest BCUT2D eigenvalue weighted by Gasteiger charge is 2.39. The van der Waals surface area contributed by atoms with Crippen molar-refractivity contribution < 1.29 is 56.0 Å². The number of nitriles is 1. The molecule has 3 aromatic heterocycles. The number of ether oxygens (including phenoxy) is 1. The number of nitrogens with two attached hydrogens (primary N) is 1. The van der Waals surface area contributed by atoms with Gasteiger partial charge in [0.05, 0.1) is 29.1 Å². The number of carboxylic acids is 2. The maximum absolute atomic E-state index is 10.6. The van der Waals surface area contributed by atoms with E-state index in [1.165, 1.54) is 6.20 Å². The Bertz CT molecular complexity index is 1480. The van der Waals surface area contributed by atoms with Crippen molar-refractivity contribution >= 4 is 23.3 Å². The van der Waals surface area contributed by atoms with Crippen LogP contribution in [-0.4, -0.2) is 85.0 Å². The van der Waals surface area contributed by atoms with E-state index in [-0.39, 0.29) is 12.1 Å². The number of aliphatic carboxylic acids is 2. The molecule has 0 amide bonds. The Morgan fingerprint density at radius 2 is 1.68 bits per heavy atom. The van der Waals surface area contributed by atoms with Gasteiger partial charge in [-0.15, -0.1) is 0 Å². The molecule has 12 nitrogen and oxygen atoms in total. The van der Waals surface area contributed by atoms with Crippen molar-refractivity contribution in [2.45, 2.75) is 50.7 Å². The molecule has 0 saturated carbocycles. The van der Waals surface area contributed by atoms with E-state index < -0.39 is 29.9 Å². The van der Waals surface area contributed by atoms with Gasteiger partial charge in [-0.3, -0.25) is 0 Å². The minimum Gasteiger partial charge on any atom is -0.489 e. The molecule has 240 valence electrons. The summed E-state index contributed by atoms with van der Waals surface area (Å²) in [6, 6.07) is 8.00. The number of halogens is 6. The number of pyridine rings is 2. The summed E-state index contributed by atoms with van der Waals surface area (Å²) >= 11 is 0. The third kappa shape index (κ3) is 10.3. The fraction of sp³-hybridized carbons (Fsp3) is 0.423. The molecule has 1 saturated heterocycles. The highest BCUT2D eigenvalue weighted by molar-refractivity contribution is 5.85. The van der Waals surface area contributed by atoms with Crippen molar-refractivity contribution in [2.75, 3.05) is 24.6 Å². The molecule has 0 spiro atoms. The zero-order valence-electron chi connectivity index (χ0n) is 23.4. The van der Waals surface area contributed by atoms with Gasteiger partial charge < -0.3 is 30.7 Å². The van der Waals surface area contributed by atoms with Crippen LogP contribution < -0.4 is 15.4 Å². The van der Waals surface area contributed by atoms with Crippen molar-refractivity contribution in [3.63, 3.8) is 0 Å². The molecule has 4 heterocycles. The van der Waals surface area contributed by atoms with Crippen LogP contribution in [0.4, 0.5) is 32.2 Å². The molecule has 0 unspecified atom stereocenters. The lowest BCUT2D eigenvalue weighted by molar-refractivity contribution is -0.193. The van der Waals surface area contributed by atoms with E-state index in [4.69, 9.17) is 30.3 Å². The fourth-order valence-electron chi connectivity index (χ4n) is 3.65. The molecule has 1 aliphatic heterocycles. The van der Waals surface area contributed by atoms with Gasteiger partial charge in [-0.2, -0.15) is 36.7 Å². The van der Waals surface area contributed by atoms with Crippen molar-refractivity contribution in [3.8, 4) is 22.9 Å². The van der Waals surface area contributed by atoms with Gasteiger partial charge in [0.1, 0.15) is 24.2 Å². The number of aliphatic hydroxyl groups is 1. The maximum Gasteiger partial charge on any atom is 0.490 e. The number of hydrogen-bond donors (Lipinski definition) is 4. The zero-order chi connectivity index (χ0) is 33.7. The number of nitrogens with zero attached hydrogens (tertiary/aromatic N) is 5. The average molecular weight is 635 g/mol. The van der Waals surface area contributed by atoms with Crippen LogP contribution in [0.15, 0.2) is 36.8 Å². The van der Waals surface area contributed by atoms with Gasteiger partial charge in [-0.1, -0.05) is 0 Å². The van der Waals surface area contributed by atoms with E-state index in [1.54, 1.807) is 30.8 Å². The SMILES string of the molecule is CC(C)(O)COc1cc(-c2ccc(N3CC[C@](C)(N)C3)nc2)c2c(C#N)cnn2c1.O=C(O)C(F)(F)F.O=C(O)C(F)(F)F. The van der Waals surface area contributed by atoms with E-state index in [1.807, 2.05) is 18.2 Å². The first-order chi connectivity index (χ1) is 20.0. The summed E-state index contributed by atoms with van der Waals surface area (Å²) in [5.41, 5.74) is 7.89. The lowest BCUT2D eigenvalue weighted by atomic mass is 10.0. The first-order valence-corrected chi connectivity index (χ1v) is 12.4. The minimum atomic E-state index is -5.08. The van der Waals surface area contributed by atoms with Crippen LogP contribution in [0.25, 0.3) is 16.6 Å². The number of carbonyl (C=O) groups is 2. The van der Waals surface area contributed by atoms with Gasteiger partial charge in [0.15, 0.2) is 0 Å². The van der Waals surface area contributed by atoms with Crippen molar-refractivity contribution in [1.29, 1.82) is 5.26 Å². The molecular formula is C26H28F6N6O6. The molecule has 18 heteroatoms. The van der Waals surface area contributed by atoms with Crippen LogP contribution in [0.2, 0.25) is 0 Å². The highest BCUT2D eigenvalue weighted by atomic mass is 19.4. The minimum absolute atomic E-state index is 0.133. The topological polar surface area (TPSA) is 187 Å². The molecule has 0 radical (unpaired) electrons. The summed E-state index contributed by atoms with van der Waals surface area (Å²) in [6.07, 6.45) is -4.20. The second kappa shape index (κ2) is 13.3. The van der Waals surface area contributed by atoms with E-state index >= 15 is 0 Å². The Morgan fingerprint density at radius 1 is 1.11 bits per heavy atom. The monoisotopic (exact) mass is 634 g/mol. The average Bonchev–Trinajstić information content (AvgIpc) is 3.48. The molecular weight excluding hydrogens is 606 g/mol. The predicted molar refractivity (Wildman–Crippen MR) is 142 cm³/mol. The number of anilines is 1. The van der Waals surface area contributed by atoms with Gasteiger partial charge in [0.25, 0.3) is 0 Å². The first kappa shape index (κ1) is 35.6. The number of aromatic nitrogens is 3. The summed E-state index contributed by atoms with van der Waals surface area (Å²) in [6.45, 7) is 7.20. The second-order valence-corrected chi connectivity index (χ2v) is 10.5. The largest absolute Gasteiger partial charge is 0.490 e. The normalized spacial score (nSPS) is 16.7. The van der Waals surface area contributed by atoms with E-state index in [0.29, 0.717) is 16.8 Å². The zero-order valence-corrected chi connectivity index (χ0v) is 23.4. The number of hydrogen-bond acceptors (Lipinski definition) is 9. The van der Waals surface area contributed by atoms with Crippen LogP contribution in [0.1, 0.15) is 32.8 Å². The summed E-state index contributed by atoms with van der Waals surface area (Å²) in [5.74, 6) is -4.08. The quantitative estimate of drug-likeness (QED) is 0.300. The van der Waals surface area contributed by atoms with Crippen molar-refractivity contribution in [3.05, 3.63) is 42.4 Å². The molecule has 44 heavy (non-hydrogen) atoms.